The van der Waals surface area contributed by atoms with E-state index in [1.165, 1.54) is 0 Å². The van der Waals surface area contributed by atoms with Gasteiger partial charge in [-0.05, 0) is 45.7 Å². The number of aliphatic hydroxyl groups excluding tert-OH is 1. The van der Waals surface area contributed by atoms with Gasteiger partial charge in [0.2, 0.25) is 0 Å². The van der Waals surface area contributed by atoms with Crippen molar-refractivity contribution in [2.45, 2.75) is 56.8 Å². The molecule has 4 heteroatoms. The number of anilines is 1. The zero-order valence-electron chi connectivity index (χ0n) is 12.2. The first-order chi connectivity index (χ1) is 9.60. The summed E-state index contributed by atoms with van der Waals surface area (Å²) in [6, 6.07) is 6.99. The van der Waals surface area contributed by atoms with Crippen molar-refractivity contribution >= 4 is 5.69 Å². The first kappa shape index (κ1) is 13.7. The van der Waals surface area contributed by atoms with Crippen LogP contribution < -0.4 is 10.2 Å². The first-order valence-corrected chi connectivity index (χ1v) is 7.56. The number of phenols is 1. The Kier molecular flexibility index (Phi) is 3.61. The molecule has 3 rings (SSSR count). The summed E-state index contributed by atoms with van der Waals surface area (Å²) in [5.74, 6) is 0.356. The number of piperidine rings is 1. The van der Waals surface area contributed by atoms with Gasteiger partial charge in [-0.1, -0.05) is 6.07 Å². The molecule has 4 nitrogen and oxygen atoms in total. The molecule has 0 aliphatic carbocycles. The third-order valence-corrected chi connectivity index (χ3v) is 4.92. The number of rotatable bonds is 3. The van der Waals surface area contributed by atoms with Crippen LogP contribution in [0.4, 0.5) is 5.69 Å². The lowest BCUT2D eigenvalue weighted by molar-refractivity contribution is 0.126. The Bertz CT molecular complexity index is 477. The summed E-state index contributed by atoms with van der Waals surface area (Å²) in [4.78, 5) is 2.40. The first-order valence-electron chi connectivity index (χ1n) is 7.56. The Morgan fingerprint density at radius 2 is 1.90 bits per heavy atom. The number of aliphatic hydroxyl groups is 1. The van der Waals surface area contributed by atoms with Gasteiger partial charge in [0.15, 0.2) is 0 Å². The van der Waals surface area contributed by atoms with Gasteiger partial charge in [0.05, 0.1) is 6.10 Å². The number of hydrogen-bond acceptors (Lipinski definition) is 4. The fraction of sp³-hybridized carbons (Fsp3) is 0.625. The van der Waals surface area contributed by atoms with E-state index in [1.807, 2.05) is 26.1 Å². The number of hydrogen-bond donors (Lipinski definition) is 3. The van der Waals surface area contributed by atoms with Gasteiger partial charge in [-0.2, -0.15) is 0 Å². The Balaban J connectivity index is 1.87. The van der Waals surface area contributed by atoms with Crippen LogP contribution in [-0.4, -0.2) is 35.4 Å². The molecule has 0 aromatic heterocycles. The molecular weight excluding hydrogens is 252 g/mol. The second-order valence-electron chi connectivity index (χ2n) is 6.17. The lowest BCUT2D eigenvalue weighted by Gasteiger charge is -2.39. The Hall–Kier alpha value is -1.26. The topological polar surface area (TPSA) is 55.7 Å². The van der Waals surface area contributed by atoms with Gasteiger partial charge in [0.25, 0.3) is 0 Å². The van der Waals surface area contributed by atoms with Crippen LogP contribution in [0.3, 0.4) is 0 Å². The molecule has 3 N–H and O–H groups in total. The molecule has 2 aliphatic rings. The summed E-state index contributed by atoms with van der Waals surface area (Å²) in [7, 11) is 1.89. The van der Waals surface area contributed by atoms with E-state index >= 15 is 0 Å². The van der Waals surface area contributed by atoms with Crippen molar-refractivity contribution in [3.63, 3.8) is 0 Å². The molecule has 1 aromatic rings. The summed E-state index contributed by atoms with van der Waals surface area (Å²) in [6.07, 6.45) is 3.85. The van der Waals surface area contributed by atoms with Crippen LogP contribution in [0.1, 0.15) is 44.2 Å². The lowest BCUT2D eigenvalue weighted by atomic mass is 9.98. The highest BCUT2D eigenvalue weighted by Gasteiger charge is 2.40. The SMILES string of the molecule is CNC(C)c1ccc(N2C3CCC2CC(O)C3)cc1O. The van der Waals surface area contributed by atoms with Gasteiger partial charge in [0.1, 0.15) is 5.75 Å². The van der Waals surface area contributed by atoms with Crippen LogP contribution in [0.2, 0.25) is 0 Å². The van der Waals surface area contributed by atoms with E-state index in [1.54, 1.807) is 0 Å². The maximum atomic E-state index is 10.3. The molecule has 3 atom stereocenters. The van der Waals surface area contributed by atoms with Gasteiger partial charge in [-0.15, -0.1) is 0 Å². The number of nitrogens with one attached hydrogen (secondary N) is 1. The molecule has 110 valence electrons. The fourth-order valence-electron chi connectivity index (χ4n) is 3.78. The minimum atomic E-state index is -0.152. The van der Waals surface area contributed by atoms with Crippen LogP contribution in [0.5, 0.6) is 5.75 Å². The molecule has 0 saturated carbocycles. The molecular formula is C16H24N2O2. The van der Waals surface area contributed by atoms with Gasteiger partial charge >= 0.3 is 0 Å². The van der Waals surface area contributed by atoms with Crippen molar-refractivity contribution in [3.05, 3.63) is 23.8 Å². The van der Waals surface area contributed by atoms with Gasteiger partial charge < -0.3 is 20.4 Å². The molecule has 2 saturated heterocycles. The number of nitrogens with zero attached hydrogens (tertiary/aromatic N) is 1. The highest BCUT2D eigenvalue weighted by Crippen LogP contribution is 2.41. The minimum Gasteiger partial charge on any atom is -0.508 e. The zero-order chi connectivity index (χ0) is 14.3. The van der Waals surface area contributed by atoms with Gasteiger partial charge in [-0.3, -0.25) is 0 Å². The quantitative estimate of drug-likeness (QED) is 0.792. The second-order valence-corrected chi connectivity index (χ2v) is 6.17. The van der Waals surface area contributed by atoms with Crippen LogP contribution >= 0.6 is 0 Å². The Morgan fingerprint density at radius 3 is 2.45 bits per heavy atom. The van der Waals surface area contributed by atoms with Crippen molar-refractivity contribution in [1.29, 1.82) is 0 Å². The second kappa shape index (κ2) is 5.26. The molecule has 20 heavy (non-hydrogen) atoms. The number of aromatic hydroxyl groups is 1. The maximum Gasteiger partial charge on any atom is 0.122 e. The zero-order valence-corrected chi connectivity index (χ0v) is 12.2. The van der Waals surface area contributed by atoms with Crippen molar-refractivity contribution in [1.82, 2.24) is 5.32 Å². The summed E-state index contributed by atoms with van der Waals surface area (Å²) in [6.45, 7) is 2.04. The minimum absolute atomic E-state index is 0.143. The predicted molar refractivity (Wildman–Crippen MR) is 80.1 cm³/mol. The molecule has 1 aromatic carbocycles. The van der Waals surface area contributed by atoms with E-state index in [2.05, 4.69) is 16.3 Å². The van der Waals surface area contributed by atoms with Crippen molar-refractivity contribution in [2.24, 2.45) is 0 Å². The summed E-state index contributed by atoms with van der Waals surface area (Å²) < 4.78 is 0. The van der Waals surface area contributed by atoms with Crippen LogP contribution in [0.15, 0.2) is 18.2 Å². The number of phenolic OH excluding ortho intramolecular Hbond substituents is 1. The maximum absolute atomic E-state index is 10.3. The normalized spacial score (nSPS) is 30.6. The molecule has 2 bridgehead atoms. The lowest BCUT2D eigenvalue weighted by Crippen LogP contribution is -2.44. The third-order valence-electron chi connectivity index (χ3n) is 4.92. The van der Waals surface area contributed by atoms with Gasteiger partial charge in [-0.25, -0.2) is 0 Å². The smallest absolute Gasteiger partial charge is 0.122 e. The van der Waals surface area contributed by atoms with E-state index in [-0.39, 0.29) is 12.1 Å². The monoisotopic (exact) mass is 276 g/mol. The summed E-state index contributed by atoms with van der Waals surface area (Å²) in [5.41, 5.74) is 2.02. The summed E-state index contributed by atoms with van der Waals surface area (Å²) >= 11 is 0. The Morgan fingerprint density at radius 1 is 1.25 bits per heavy atom. The highest BCUT2D eigenvalue weighted by molar-refractivity contribution is 5.56. The van der Waals surface area contributed by atoms with E-state index < -0.39 is 0 Å². The number of benzene rings is 1. The number of fused-ring (bicyclic) bond motifs is 2. The standard InChI is InChI=1S/C16H24N2O2/c1-10(17-2)15-6-5-13(9-16(15)20)18-11-3-4-12(18)8-14(19)7-11/h5-6,9-12,14,17,19-20H,3-4,7-8H2,1-2H3. The molecule has 2 fully saturated rings. The van der Waals surface area contributed by atoms with Crippen molar-refractivity contribution < 1.29 is 10.2 Å². The average molecular weight is 276 g/mol. The average Bonchev–Trinajstić information content (AvgIpc) is 2.70. The fourth-order valence-corrected chi connectivity index (χ4v) is 3.78. The molecule has 0 spiro atoms. The van der Waals surface area contributed by atoms with E-state index in [0.717, 1.165) is 36.9 Å². The summed E-state index contributed by atoms with van der Waals surface area (Å²) in [5, 5.41) is 23.3. The molecule has 3 unspecified atom stereocenters. The largest absolute Gasteiger partial charge is 0.508 e. The molecule has 2 aliphatic heterocycles. The van der Waals surface area contributed by atoms with Gasteiger partial charge in [0, 0.05) is 35.4 Å². The van der Waals surface area contributed by atoms with Crippen LogP contribution in [0.25, 0.3) is 0 Å². The highest BCUT2D eigenvalue weighted by atomic mass is 16.3. The molecule has 0 amide bonds. The predicted octanol–water partition coefficient (Wildman–Crippen LogP) is 2.16. The molecule has 0 radical (unpaired) electrons. The third kappa shape index (κ3) is 2.27. The van der Waals surface area contributed by atoms with Crippen molar-refractivity contribution in [3.8, 4) is 5.75 Å². The Labute approximate surface area is 120 Å². The molecule has 2 heterocycles. The van der Waals surface area contributed by atoms with Crippen LogP contribution in [0, 0.1) is 0 Å². The van der Waals surface area contributed by atoms with Crippen LogP contribution in [-0.2, 0) is 0 Å². The van der Waals surface area contributed by atoms with E-state index in [9.17, 15) is 10.2 Å². The van der Waals surface area contributed by atoms with Crippen molar-refractivity contribution in [2.75, 3.05) is 11.9 Å². The van der Waals surface area contributed by atoms with E-state index in [4.69, 9.17) is 0 Å². The van der Waals surface area contributed by atoms with E-state index in [0.29, 0.717) is 17.8 Å².